The van der Waals surface area contributed by atoms with E-state index < -0.39 is 8.32 Å². The number of hydrogen-bond acceptors (Lipinski definition) is 2. The molecule has 0 spiro atoms. The fourth-order valence-electron chi connectivity index (χ4n) is 6.37. The molecular weight excluding hydrogens is 384 g/mol. The maximum atomic E-state index is 9.80. The Balaban J connectivity index is 2.43. The molecule has 30 heavy (non-hydrogen) atoms. The van der Waals surface area contributed by atoms with Gasteiger partial charge in [-0.3, -0.25) is 0 Å². The van der Waals surface area contributed by atoms with Gasteiger partial charge in [-0.2, -0.15) is 0 Å². The number of aliphatic hydroxyl groups excluding tert-OH is 1. The summed E-state index contributed by atoms with van der Waals surface area (Å²) in [6.07, 6.45) is 10.6. The van der Waals surface area contributed by atoms with Crippen molar-refractivity contribution < 1.29 is 9.53 Å². The number of hydrogen-bond donors (Lipinski definition) is 1. The van der Waals surface area contributed by atoms with Crippen LogP contribution in [-0.4, -0.2) is 26.1 Å². The molecule has 0 aromatic rings. The SMILES string of the molecule is C=C1CC[C@H]2[C@](C)(CCC=C(C)C)[C@@H](O[Si](C)(C)C(C)(C)C)CC[C@]2(C)[C@@H]1CCO. The second kappa shape index (κ2) is 9.23. The molecular formula is C27H50O2Si. The first-order chi connectivity index (χ1) is 13.7. The zero-order chi connectivity index (χ0) is 23.0. The average molecular weight is 435 g/mol. The summed E-state index contributed by atoms with van der Waals surface area (Å²) in [6, 6.07) is 0. The molecule has 0 amide bonds. The van der Waals surface area contributed by atoms with Gasteiger partial charge in [-0.15, -0.1) is 0 Å². The van der Waals surface area contributed by atoms with E-state index in [4.69, 9.17) is 4.43 Å². The Morgan fingerprint density at radius 2 is 1.87 bits per heavy atom. The van der Waals surface area contributed by atoms with Crippen LogP contribution >= 0.6 is 0 Å². The van der Waals surface area contributed by atoms with E-state index in [1.54, 1.807) is 0 Å². The van der Waals surface area contributed by atoms with Crippen LogP contribution in [0, 0.1) is 22.7 Å². The minimum atomic E-state index is -1.84. The summed E-state index contributed by atoms with van der Waals surface area (Å²) >= 11 is 0. The van der Waals surface area contributed by atoms with E-state index in [1.165, 1.54) is 30.4 Å². The summed E-state index contributed by atoms with van der Waals surface area (Å²) in [5.41, 5.74) is 3.18. The summed E-state index contributed by atoms with van der Waals surface area (Å²) in [7, 11) is -1.84. The first-order valence-electron chi connectivity index (χ1n) is 12.3. The van der Waals surface area contributed by atoms with E-state index in [2.05, 4.69) is 74.2 Å². The standard InChI is InChI=1S/C27H50O2Si/c1-20(2)12-11-17-27(8)23-14-13-21(3)22(16-19-28)26(23,7)18-15-24(27)29-30(9,10)25(4,5)6/h12,22-24,28H,3,11,13-19H2,1-2,4-10H3/t22-,23-,24+,26-,27+/m1/s1. The van der Waals surface area contributed by atoms with Gasteiger partial charge in [0.2, 0.25) is 0 Å². The largest absolute Gasteiger partial charge is 0.413 e. The molecule has 0 radical (unpaired) electrons. The van der Waals surface area contributed by atoms with Crippen LogP contribution in [0.15, 0.2) is 23.8 Å². The van der Waals surface area contributed by atoms with E-state index in [1.807, 2.05) is 0 Å². The quantitative estimate of drug-likeness (QED) is 0.326. The molecule has 0 unspecified atom stereocenters. The lowest BCUT2D eigenvalue weighted by Gasteiger charge is -2.62. The number of rotatable bonds is 7. The van der Waals surface area contributed by atoms with Gasteiger partial charge < -0.3 is 9.53 Å². The fourth-order valence-corrected chi connectivity index (χ4v) is 7.82. The molecule has 0 saturated heterocycles. The number of fused-ring (bicyclic) bond motifs is 1. The molecule has 0 bridgehead atoms. The second-order valence-corrected chi connectivity index (χ2v) is 17.3. The lowest BCUT2D eigenvalue weighted by molar-refractivity contribution is -0.133. The predicted molar refractivity (Wildman–Crippen MR) is 133 cm³/mol. The minimum absolute atomic E-state index is 0.170. The van der Waals surface area contributed by atoms with Gasteiger partial charge in [-0.1, -0.05) is 58.4 Å². The molecule has 2 saturated carbocycles. The van der Waals surface area contributed by atoms with Crippen LogP contribution < -0.4 is 0 Å². The molecule has 3 heteroatoms. The van der Waals surface area contributed by atoms with Gasteiger partial charge in [0.05, 0.1) is 6.10 Å². The third-order valence-corrected chi connectivity index (χ3v) is 13.7. The lowest BCUT2D eigenvalue weighted by Crippen LogP contribution is -2.59. The number of aliphatic hydroxyl groups is 1. The van der Waals surface area contributed by atoms with Crippen LogP contribution in [0.5, 0.6) is 0 Å². The van der Waals surface area contributed by atoms with Gasteiger partial charge in [0.15, 0.2) is 8.32 Å². The summed E-state index contributed by atoms with van der Waals surface area (Å²) in [6.45, 7) is 26.1. The number of allylic oxidation sites excluding steroid dienone is 3. The van der Waals surface area contributed by atoms with Crippen molar-refractivity contribution in [2.75, 3.05) is 6.61 Å². The summed E-state index contributed by atoms with van der Waals surface area (Å²) < 4.78 is 7.18. The van der Waals surface area contributed by atoms with Crippen LogP contribution in [0.3, 0.4) is 0 Å². The summed E-state index contributed by atoms with van der Waals surface area (Å²) in [5, 5.41) is 10.0. The fraction of sp³-hybridized carbons (Fsp3) is 0.852. The molecule has 2 fully saturated rings. The molecule has 2 aliphatic rings. The molecule has 2 rings (SSSR count). The average Bonchev–Trinajstić information content (AvgIpc) is 2.59. The van der Waals surface area contributed by atoms with Crippen LogP contribution in [0.25, 0.3) is 0 Å². The Morgan fingerprint density at radius 3 is 2.40 bits per heavy atom. The molecule has 2 nitrogen and oxygen atoms in total. The Hall–Kier alpha value is -0.383. The molecule has 0 aliphatic heterocycles. The van der Waals surface area contributed by atoms with Gasteiger partial charge in [-0.25, -0.2) is 0 Å². The van der Waals surface area contributed by atoms with Crippen LogP contribution in [0.2, 0.25) is 18.1 Å². The zero-order valence-corrected chi connectivity index (χ0v) is 22.5. The minimum Gasteiger partial charge on any atom is -0.413 e. The Kier molecular flexibility index (Phi) is 7.96. The third kappa shape index (κ3) is 4.99. The van der Waals surface area contributed by atoms with E-state index >= 15 is 0 Å². The predicted octanol–water partition coefficient (Wildman–Crippen LogP) is 7.89. The molecule has 0 aromatic carbocycles. The first-order valence-corrected chi connectivity index (χ1v) is 15.2. The highest BCUT2D eigenvalue weighted by atomic mass is 28.4. The van der Waals surface area contributed by atoms with Crippen molar-refractivity contribution >= 4 is 8.32 Å². The Morgan fingerprint density at radius 1 is 1.23 bits per heavy atom. The molecule has 5 atom stereocenters. The monoisotopic (exact) mass is 434 g/mol. The maximum absolute atomic E-state index is 9.80. The van der Waals surface area contributed by atoms with Gasteiger partial charge in [-0.05, 0) is 99.6 Å². The van der Waals surface area contributed by atoms with Crippen molar-refractivity contribution in [1.29, 1.82) is 0 Å². The van der Waals surface area contributed by atoms with Crippen LogP contribution in [0.4, 0.5) is 0 Å². The van der Waals surface area contributed by atoms with Gasteiger partial charge in [0.25, 0.3) is 0 Å². The molecule has 1 N–H and O–H groups in total. The molecule has 0 heterocycles. The third-order valence-electron chi connectivity index (χ3n) is 9.21. The highest BCUT2D eigenvalue weighted by molar-refractivity contribution is 6.74. The van der Waals surface area contributed by atoms with E-state index in [9.17, 15) is 5.11 Å². The van der Waals surface area contributed by atoms with Crippen molar-refractivity contribution in [3.63, 3.8) is 0 Å². The second-order valence-electron chi connectivity index (χ2n) is 12.6. The van der Waals surface area contributed by atoms with Crippen molar-refractivity contribution in [2.24, 2.45) is 22.7 Å². The molecule has 174 valence electrons. The van der Waals surface area contributed by atoms with E-state index in [0.717, 1.165) is 25.7 Å². The zero-order valence-electron chi connectivity index (χ0n) is 21.5. The van der Waals surface area contributed by atoms with Crippen molar-refractivity contribution in [3.8, 4) is 0 Å². The summed E-state index contributed by atoms with van der Waals surface area (Å²) in [5.74, 6) is 1.07. The van der Waals surface area contributed by atoms with Crippen molar-refractivity contribution in [3.05, 3.63) is 23.8 Å². The van der Waals surface area contributed by atoms with E-state index in [0.29, 0.717) is 17.9 Å². The normalized spacial score (nSPS) is 35.1. The van der Waals surface area contributed by atoms with Crippen LogP contribution in [0.1, 0.15) is 93.4 Å². The molecule has 0 aromatic heterocycles. The van der Waals surface area contributed by atoms with Gasteiger partial charge in [0.1, 0.15) is 0 Å². The summed E-state index contributed by atoms with van der Waals surface area (Å²) in [4.78, 5) is 0. The van der Waals surface area contributed by atoms with Crippen molar-refractivity contribution in [1.82, 2.24) is 0 Å². The maximum Gasteiger partial charge on any atom is 0.192 e. The lowest BCUT2D eigenvalue weighted by atomic mass is 9.45. The van der Waals surface area contributed by atoms with Gasteiger partial charge in [0, 0.05) is 6.61 Å². The Bertz CT molecular complexity index is 640. The van der Waals surface area contributed by atoms with E-state index in [-0.39, 0.29) is 22.5 Å². The van der Waals surface area contributed by atoms with Gasteiger partial charge >= 0.3 is 0 Å². The highest BCUT2D eigenvalue weighted by Gasteiger charge is 2.58. The smallest absolute Gasteiger partial charge is 0.192 e. The Labute approximate surface area is 188 Å². The molecule has 2 aliphatic carbocycles. The highest BCUT2D eigenvalue weighted by Crippen LogP contribution is 2.64. The van der Waals surface area contributed by atoms with Crippen molar-refractivity contribution in [2.45, 2.75) is 118 Å². The van der Waals surface area contributed by atoms with Crippen LogP contribution in [-0.2, 0) is 4.43 Å². The topological polar surface area (TPSA) is 29.5 Å². The first kappa shape index (κ1) is 25.9.